The zero-order valence-electron chi connectivity index (χ0n) is 12.0. The van der Waals surface area contributed by atoms with Gasteiger partial charge < -0.3 is 9.64 Å². The minimum atomic E-state index is -2.88. The topological polar surface area (TPSA) is 47.4 Å². The van der Waals surface area contributed by atoms with Crippen molar-refractivity contribution in [3.63, 3.8) is 0 Å². The Kier molecular flexibility index (Phi) is 5.12. The lowest BCUT2D eigenvalue weighted by Gasteiger charge is -2.18. The second-order valence-corrected chi connectivity index (χ2v) is 5.48. The summed E-state index contributed by atoms with van der Waals surface area (Å²) in [6.45, 7) is -2.52. The molecule has 22 heavy (non-hydrogen) atoms. The number of carbonyl (C=O) groups excluding carboxylic acids is 1. The molecular formula is C14H14BrF2N3O2. The SMILES string of the molecule is CN(Cc1c(Br)cnn1C)C(=O)c1ccc(OC(F)F)cc1. The number of nitrogens with zero attached hydrogens (tertiary/aromatic N) is 3. The molecule has 0 fully saturated rings. The number of amides is 1. The Bertz CT molecular complexity index is 639. The minimum Gasteiger partial charge on any atom is -0.435 e. The first-order valence-electron chi connectivity index (χ1n) is 6.35. The van der Waals surface area contributed by atoms with Crippen LogP contribution in [0, 0.1) is 0 Å². The molecule has 0 atom stereocenters. The molecule has 1 heterocycles. The van der Waals surface area contributed by atoms with Gasteiger partial charge in [0, 0.05) is 19.7 Å². The standard InChI is InChI=1S/C14H14BrF2N3O2/c1-19(8-12-11(15)7-18-20(12)2)13(21)9-3-5-10(6-4-9)22-14(16)17/h3-7,14H,8H2,1-2H3. The van der Waals surface area contributed by atoms with E-state index in [1.807, 2.05) is 0 Å². The van der Waals surface area contributed by atoms with Gasteiger partial charge in [-0.15, -0.1) is 0 Å². The Balaban J connectivity index is 2.07. The molecule has 118 valence electrons. The van der Waals surface area contributed by atoms with Gasteiger partial charge in [-0.1, -0.05) is 0 Å². The first-order valence-corrected chi connectivity index (χ1v) is 7.14. The van der Waals surface area contributed by atoms with Crippen molar-refractivity contribution in [3.05, 3.63) is 46.2 Å². The van der Waals surface area contributed by atoms with Crippen LogP contribution in [0.2, 0.25) is 0 Å². The van der Waals surface area contributed by atoms with E-state index in [0.29, 0.717) is 12.1 Å². The average molecular weight is 374 g/mol. The van der Waals surface area contributed by atoms with E-state index in [0.717, 1.165) is 10.2 Å². The first-order chi connectivity index (χ1) is 10.4. The molecule has 0 aliphatic rings. The molecular weight excluding hydrogens is 360 g/mol. The fourth-order valence-electron chi connectivity index (χ4n) is 1.91. The zero-order chi connectivity index (χ0) is 16.3. The highest BCUT2D eigenvalue weighted by Crippen LogP contribution is 2.19. The van der Waals surface area contributed by atoms with Crippen LogP contribution in [0.25, 0.3) is 0 Å². The maximum atomic E-state index is 12.3. The summed E-state index contributed by atoms with van der Waals surface area (Å²) < 4.78 is 30.9. The highest BCUT2D eigenvalue weighted by atomic mass is 79.9. The molecule has 0 spiro atoms. The van der Waals surface area contributed by atoms with Crippen molar-refractivity contribution in [2.45, 2.75) is 13.2 Å². The van der Waals surface area contributed by atoms with Crippen molar-refractivity contribution in [2.24, 2.45) is 7.05 Å². The Labute approximate surface area is 134 Å². The summed E-state index contributed by atoms with van der Waals surface area (Å²) >= 11 is 3.37. The van der Waals surface area contributed by atoms with Gasteiger partial charge in [0.15, 0.2) is 0 Å². The van der Waals surface area contributed by atoms with Gasteiger partial charge in [0.1, 0.15) is 5.75 Å². The van der Waals surface area contributed by atoms with Gasteiger partial charge in [0.25, 0.3) is 5.91 Å². The van der Waals surface area contributed by atoms with E-state index in [2.05, 4.69) is 25.8 Å². The molecule has 1 amide bonds. The summed E-state index contributed by atoms with van der Waals surface area (Å²) in [5.74, 6) is -0.208. The zero-order valence-corrected chi connectivity index (χ0v) is 13.5. The third kappa shape index (κ3) is 3.82. The van der Waals surface area contributed by atoms with E-state index in [9.17, 15) is 13.6 Å². The van der Waals surface area contributed by atoms with Crippen molar-refractivity contribution >= 4 is 21.8 Å². The molecule has 0 radical (unpaired) electrons. The summed E-state index contributed by atoms with van der Waals surface area (Å²) in [4.78, 5) is 13.8. The Hall–Kier alpha value is -1.96. The molecule has 1 aromatic carbocycles. The van der Waals surface area contributed by atoms with Crippen LogP contribution in [-0.4, -0.2) is 34.2 Å². The van der Waals surface area contributed by atoms with E-state index in [4.69, 9.17) is 0 Å². The van der Waals surface area contributed by atoms with E-state index < -0.39 is 6.61 Å². The number of aromatic nitrogens is 2. The van der Waals surface area contributed by atoms with Crippen LogP contribution in [-0.2, 0) is 13.6 Å². The molecule has 8 heteroatoms. The lowest BCUT2D eigenvalue weighted by molar-refractivity contribution is -0.0498. The smallest absolute Gasteiger partial charge is 0.387 e. The first kappa shape index (κ1) is 16.4. The van der Waals surface area contributed by atoms with Gasteiger partial charge in [-0.3, -0.25) is 9.48 Å². The minimum absolute atomic E-state index is 0.0172. The molecule has 5 nitrogen and oxygen atoms in total. The maximum Gasteiger partial charge on any atom is 0.387 e. The fraction of sp³-hybridized carbons (Fsp3) is 0.286. The molecule has 0 bridgehead atoms. The van der Waals surface area contributed by atoms with Crippen molar-refractivity contribution in [1.82, 2.24) is 14.7 Å². The molecule has 0 saturated heterocycles. The van der Waals surface area contributed by atoms with Gasteiger partial charge in [0.05, 0.1) is 22.9 Å². The van der Waals surface area contributed by atoms with E-state index in [1.54, 1.807) is 25.0 Å². The Morgan fingerprint density at radius 2 is 2.05 bits per heavy atom. The van der Waals surface area contributed by atoms with Crippen LogP contribution < -0.4 is 4.74 Å². The maximum absolute atomic E-state index is 12.3. The molecule has 0 unspecified atom stereocenters. The number of aryl methyl sites for hydroxylation is 1. The molecule has 0 aliphatic carbocycles. The highest BCUT2D eigenvalue weighted by Gasteiger charge is 2.16. The molecule has 0 aliphatic heterocycles. The average Bonchev–Trinajstić information content (AvgIpc) is 2.78. The number of benzene rings is 1. The van der Waals surface area contributed by atoms with Crippen molar-refractivity contribution in [3.8, 4) is 5.75 Å². The number of alkyl halides is 2. The number of ether oxygens (including phenoxy) is 1. The summed E-state index contributed by atoms with van der Waals surface area (Å²) in [6.07, 6.45) is 1.66. The third-order valence-electron chi connectivity index (χ3n) is 3.07. The summed E-state index contributed by atoms with van der Waals surface area (Å²) in [5, 5.41) is 4.08. The van der Waals surface area contributed by atoms with Gasteiger partial charge in [0.2, 0.25) is 0 Å². The largest absolute Gasteiger partial charge is 0.435 e. The Morgan fingerprint density at radius 1 is 1.41 bits per heavy atom. The van der Waals surface area contributed by atoms with Crippen molar-refractivity contribution < 1.29 is 18.3 Å². The second kappa shape index (κ2) is 6.87. The molecule has 1 aromatic heterocycles. The number of carbonyl (C=O) groups is 1. The van der Waals surface area contributed by atoms with E-state index in [1.165, 1.54) is 29.2 Å². The van der Waals surface area contributed by atoms with Crippen LogP contribution >= 0.6 is 15.9 Å². The van der Waals surface area contributed by atoms with Crippen LogP contribution in [0.3, 0.4) is 0 Å². The van der Waals surface area contributed by atoms with Gasteiger partial charge in [-0.25, -0.2) is 0 Å². The fourth-order valence-corrected chi connectivity index (χ4v) is 2.38. The predicted octanol–water partition coefficient (Wildman–Crippen LogP) is 3.06. The van der Waals surface area contributed by atoms with Crippen LogP contribution in [0.4, 0.5) is 8.78 Å². The van der Waals surface area contributed by atoms with E-state index in [-0.39, 0.29) is 11.7 Å². The van der Waals surface area contributed by atoms with Gasteiger partial charge in [-0.05, 0) is 40.2 Å². The van der Waals surface area contributed by atoms with Crippen LogP contribution in [0.5, 0.6) is 5.75 Å². The third-order valence-corrected chi connectivity index (χ3v) is 3.73. The monoisotopic (exact) mass is 373 g/mol. The lowest BCUT2D eigenvalue weighted by Crippen LogP contribution is -2.27. The highest BCUT2D eigenvalue weighted by molar-refractivity contribution is 9.10. The van der Waals surface area contributed by atoms with E-state index >= 15 is 0 Å². The summed E-state index contributed by atoms with van der Waals surface area (Å²) in [5.41, 5.74) is 1.25. The summed E-state index contributed by atoms with van der Waals surface area (Å²) in [7, 11) is 3.44. The lowest BCUT2D eigenvalue weighted by atomic mass is 10.2. The quantitative estimate of drug-likeness (QED) is 0.808. The number of hydrogen-bond acceptors (Lipinski definition) is 3. The van der Waals surface area contributed by atoms with Crippen LogP contribution in [0.1, 0.15) is 16.1 Å². The molecule has 0 saturated carbocycles. The number of rotatable bonds is 5. The van der Waals surface area contributed by atoms with Gasteiger partial charge in [-0.2, -0.15) is 13.9 Å². The molecule has 2 aromatic rings. The number of halogens is 3. The van der Waals surface area contributed by atoms with Gasteiger partial charge >= 0.3 is 6.61 Å². The summed E-state index contributed by atoms with van der Waals surface area (Å²) in [6, 6.07) is 5.59. The van der Waals surface area contributed by atoms with Crippen molar-refractivity contribution in [2.75, 3.05) is 7.05 Å². The molecule has 2 rings (SSSR count). The second-order valence-electron chi connectivity index (χ2n) is 4.63. The van der Waals surface area contributed by atoms with Crippen molar-refractivity contribution in [1.29, 1.82) is 0 Å². The molecule has 0 N–H and O–H groups in total. The normalized spacial score (nSPS) is 10.8. The van der Waals surface area contributed by atoms with Crippen LogP contribution in [0.15, 0.2) is 34.9 Å². The number of hydrogen-bond donors (Lipinski definition) is 0. The Morgan fingerprint density at radius 3 is 2.55 bits per heavy atom. The predicted molar refractivity (Wildman–Crippen MR) is 79.8 cm³/mol.